The van der Waals surface area contributed by atoms with Gasteiger partial charge < -0.3 is 10.7 Å². The molecule has 1 aliphatic rings. The summed E-state index contributed by atoms with van der Waals surface area (Å²) in [5, 5.41) is 3.13. The summed E-state index contributed by atoms with van der Waals surface area (Å²) in [6.45, 7) is 4.22. The molecule has 4 heteroatoms. The second kappa shape index (κ2) is 6.06. The molecule has 1 saturated carbocycles. The summed E-state index contributed by atoms with van der Waals surface area (Å²) < 4.78 is 0. The topological polar surface area (TPSA) is 67.2 Å². The lowest BCUT2D eigenvalue weighted by Gasteiger charge is -2.27. The Balaban J connectivity index is 2.07. The molecular weight excluding hydrogens is 238 g/mol. The number of carbonyl (C=O) groups excluding carboxylic acids is 1. The predicted molar refractivity (Wildman–Crippen MR) is 77.9 cm³/mol. The van der Waals surface area contributed by atoms with E-state index in [1.165, 1.54) is 12.8 Å². The van der Waals surface area contributed by atoms with Gasteiger partial charge in [-0.1, -0.05) is 25.8 Å². The number of nitrogen functional groups attached to an aromatic ring is 1. The van der Waals surface area contributed by atoms with Crippen molar-refractivity contribution in [2.24, 2.45) is 11.8 Å². The minimum absolute atomic E-state index is 0.0351. The summed E-state index contributed by atoms with van der Waals surface area (Å²) in [6.07, 6.45) is 4.62. The van der Waals surface area contributed by atoms with Gasteiger partial charge in [0.05, 0.1) is 11.3 Å². The second-order valence-corrected chi connectivity index (χ2v) is 5.64. The van der Waals surface area contributed by atoms with Crippen LogP contribution in [0.2, 0.25) is 0 Å². The number of carbonyl (C=O) groups is 1. The molecule has 104 valence electrons. The number of rotatable bonds is 3. The van der Waals surface area contributed by atoms with Gasteiger partial charge in [-0.2, -0.15) is 0 Å². The van der Waals surface area contributed by atoms with E-state index >= 15 is 0 Å². The first-order valence-electron chi connectivity index (χ1n) is 6.98. The lowest BCUT2D eigenvalue weighted by atomic mass is 9.87. The number of nitrogens with one attached hydrogen (secondary N) is 2. The highest BCUT2D eigenvalue weighted by molar-refractivity contribution is 5.99. The lowest BCUT2D eigenvalue weighted by Crippen LogP contribution is -2.38. The maximum atomic E-state index is 12.3. The van der Waals surface area contributed by atoms with Crippen molar-refractivity contribution < 1.29 is 4.79 Å². The number of hydrogen-bond donors (Lipinski definition) is 3. The number of aryl methyl sites for hydroxylation is 1. The van der Waals surface area contributed by atoms with Gasteiger partial charge in [-0.15, -0.1) is 0 Å². The Kier molecular flexibility index (Phi) is 4.43. The first kappa shape index (κ1) is 13.9. The number of amides is 1. The zero-order valence-electron chi connectivity index (χ0n) is 11.7. The molecule has 2 atom stereocenters. The fourth-order valence-electron chi connectivity index (χ4n) is 2.80. The van der Waals surface area contributed by atoms with E-state index in [4.69, 9.17) is 5.84 Å². The smallest absolute Gasteiger partial charge is 0.253 e. The van der Waals surface area contributed by atoms with Crippen LogP contribution < -0.4 is 16.6 Å². The third-order valence-electron chi connectivity index (χ3n) is 3.85. The molecule has 0 aliphatic heterocycles. The summed E-state index contributed by atoms with van der Waals surface area (Å²) in [7, 11) is 0. The van der Waals surface area contributed by atoms with E-state index < -0.39 is 0 Å². The van der Waals surface area contributed by atoms with E-state index in [-0.39, 0.29) is 5.91 Å². The van der Waals surface area contributed by atoms with Crippen molar-refractivity contribution in [2.45, 2.75) is 45.6 Å². The summed E-state index contributed by atoms with van der Waals surface area (Å²) in [6, 6.07) is 5.94. The molecular formula is C15H23N3O. The summed E-state index contributed by atoms with van der Waals surface area (Å²) in [5.41, 5.74) is 4.98. The van der Waals surface area contributed by atoms with Crippen LogP contribution in [-0.2, 0) is 0 Å². The van der Waals surface area contributed by atoms with Crippen molar-refractivity contribution in [3.63, 3.8) is 0 Å². The molecule has 19 heavy (non-hydrogen) atoms. The molecule has 0 bridgehead atoms. The van der Waals surface area contributed by atoms with Gasteiger partial charge in [0.2, 0.25) is 0 Å². The van der Waals surface area contributed by atoms with Gasteiger partial charge in [-0.25, -0.2) is 0 Å². The number of anilines is 1. The van der Waals surface area contributed by atoms with Gasteiger partial charge in [-0.05, 0) is 43.4 Å². The number of nitrogens with two attached hydrogens (primary N) is 1. The highest BCUT2D eigenvalue weighted by Crippen LogP contribution is 2.24. The molecule has 0 spiro atoms. The normalized spacial score (nSPS) is 22.9. The number of benzene rings is 1. The molecule has 1 aromatic rings. The molecule has 1 aliphatic carbocycles. The predicted octanol–water partition coefficient (Wildman–Crippen LogP) is 2.59. The van der Waals surface area contributed by atoms with Gasteiger partial charge in [0, 0.05) is 6.04 Å². The molecule has 0 saturated heterocycles. The Morgan fingerprint density at radius 3 is 2.84 bits per heavy atom. The first-order chi connectivity index (χ1) is 9.10. The summed E-state index contributed by atoms with van der Waals surface area (Å²) in [4.78, 5) is 12.3. The van der Waals surface area contributed by atoms with E-state index in [2.05, 4.69) is 17.7 Å². The van der Waals surface area contributed by atoms with Crippen molar-refractivity contribution in [1.82, 2.24) is 5.32 Å². The van der Waals surface area contributed by atoms with Crippen LogP contribution in [0.15, 0.2) is 18.2 Å². The molecule has 4 nitrogen and oxygen atoms in total. The van der Waals surface area contributed by atoms with E-state index in [1.807, 2.05) is 25.1 Å². The number of hydrazine groups is 1. The van der Waals surface area contributed by atoms with Gasteiger partial charge in [0.15, 0.2) is 0 Å². The van der Waals surface area contributed by atoms with Crippen molar-refractivity contribution in [2.75, 3.05) is 5.43 Å². The second-order valence-electron chi connectivity index (χ2n) is 5.64. The van der Waals surface area contributed by atoms with Crippen molar-refractivity contribution in [3.8, 4) is 0 Å². The Bertz CT molecular complexity index is 459. The first-order valence-corrected chi connectivity index (χ1v) is 6.98. The maximum absolute atomic E-state index is 12.3. The maximum Gasteiger partial charge on any atom is 0.253 e. The third kappa shape index (κ3) is 3.47. The molecule has 0 heterocycles. The van der Waals surface area contributed by atoms with Gasteiger partial charge in [-0.3, -0.25) is 10.6 Å². The highest BCUT2D eigenvalue weighted by Gasteiger charge is 2.21. The van der Waals surface area contributed by atoms with E-state index in [1.54, 1.807) is 0 Å². The van der Waals surface area contributed by atoms with E-state index in [0.29, 0.717) is 23.2 Å². The van der Waals surface area contributed by atoms with Crippen LogP contribution in [0.1, 0.15) is 48.5 Å². The van der Waals surface area contributed by atoms with Crippen molar-refractivity contribution in [3.05, 3.63) is 29.3 Å². The van der Waals surface area contributed by atoms with Crippen LogP contribution in [0, 0.1) is 12.8 Å². The summed E-state index contributed by atoms with van der Waals surface area (Å²) in [5.74, 6) is 6.15. The SMILES string of the molecule is Cc1ccc(C(=O)NC2CCCC(C)C2)c(NN)c1. The van der Waals surface area contributed by atoms with Crippen LogP contribution in [0.3, 0.4) is 0 Å². The lowest BCUT2D eigenvalue weighted by molar-refractivity contribution is 0.0922. The quantitative estimate of drug-likeness (QED) is 0.578. The Morgan fingerprint density at radius 1 is 1.37 bits per heavy atom. The van der Waals surface area contributed by atoms with Crippen molar-refractivity contribution >= 4 is 11.6 Å². The zero-order chi connectivity index (χ0) is 13.8. The summed E-state index contributed by atoms with van der Waals surface area (Å²) >= 11 is 0. The average Bonchev–Trinajstić information content (AvgIpc) is 2.38. The molecule has 0 aromatic heterocycles. The third-order valence-corrected chi connectivity index (χ3v) is 3.85. The Morgan fingerprint density at radius 2 is 2.16 bits per heavy atom. The molecule has 2 rings (SSSR count). The Labute approximate surface area is 114 Å². The van der Waals surface area contributed by atoms with Crippen LogP contribution in [0.4, 0.5) is 5.69 Å². The molecule has 1 aromatic carbocycles. The van der Waals surface area contributed by atoms with Gasteiger partial charge >= 0.3 is 0 Å². The molecule has 2 unspecified atom stereocenters. The van der Waals surface area contributed by atoms with Gasteiger partial charge in [0.1, 0.15) is 0 Å². The molecule has 1 fully saturated rings. The fraction of sp³-hybridized carbons (Fsp3) is 0.533. The minimum atomic E-state index is -0.0351. The van der Waals surface area contributed by atoms with E-state index in [9.17, 15) is 4.79 Å². The zero-order valence-corrected chi connectivity index (χ0v) is 11.7. The number of hydrogen-bond acceptors (Lipinski definition) is 3. The van der Waals surface area contributed by atoms with Crippen molar-refractivity contribution in [1.29, 1.82) is 0 Å². The standard InChI is InChI=1S/C15H23N3O/c1-10-4-3-5-12(8-10)17-15(19)13-7-6-11(2)9-14(13)18-16/h6-7,9-10,12,18H,3-5,8,16H2,1-2H3,(H,17,19). The van der Waals surface area contributed by atoms with Crippen LogP contribution in [-0.4, -0.2) is 11.9 Å². The molecule has 0 radical (unpaired) electrons. The average molecular weight is 261 g/mol. The fourth-order valence-corrected chi connectivity index (χ4v) is 2.80. The van der Waals surface area contributed by atoms with Crippen LogP contribution in [0.5, 0.6) is 0 Å². The molecule has 1 amide bonds. The molecule has 4 N–H and O–H groups in total. The van der Waals surface area contributed by atoms with Crippen LogP contribution in [0.25, 0.3) is 0 Å². The highest BCUT2D eigenvalue weighted by atomic mass is 16.1. The monoisotopic (exact) mass is 261 g/mol. The van der Waals surface area contributed by atoms with Crippen LogP contribution >= 0.6 is 0 Å². The van der Waals surface area contributed by atoms with E-state index in [0.717, 1.165) is 18.4 Å². The minimum Gasteiger partial charge on any atom is -0.349 e. The van der Waals surface area contributed by atoms with Gasteiger partial charge in [0.25, 0.3) is 5.91 Å². The Hall–Kier alpha value is -1.55. The largest absolute Gasteiger partial charge is 0.349 e.